The van der Waals surface area contributed by atoms with Gasteiger partial charge in [-0.2, -0.15) is 0 Å². The zero-order chi connectivity index (χ0) is 11.2. The first-order valence-corrected chi connectivity index (χ1v) is 5.45. The van der Waals surface area contributed by atoms with Gasteiger partial charge in [0.05, 0.1) is 0 Å². The van der Waals surface area contributed by atoms with Crippen molar-refractivity contribution in [3.05, 3.63) is 28.8 Å². The number of aryl methyl sites for hydroxylation is 2. The normalized spacial score (nSPS) is 23.1. The molecule has 0 saturated heterocycles. The van der Waals surface area contributed by atoms with E-state index in [0.717, 1.165) is 17.7 Å². The van der Waals surface area contributed by atoms with Gasteiger partial charge in [0.15, 0.2) is 0 Å². The minimum atomic E-state index is -0.146. The van der Waals surface area contributed by atoms with Gasteiger partial charge in [-0.25, -0.2) is 0 Å². The molecule has 1 heterocycles. The Labute approximate surface area is 91.4 Å². The van der Waals surface area contributed by atoms with Crippen LogP contribution in [0.2, 0.25) is 0 Å². The molecule has 0 fully saturated rings. The first kappa shape index (κ1) is 10.5. The second-order valence-corrected chi connectivity index (χ2v) is 5.17. The summed E-state index contributed by atoms with van der Waals surface area (Å²) in [6.45, 7) is 8.36. The summed E-state index contributed by atoms with van der Waals surface area (Å²) in [7, 11) is 0. The van der Waals surface area contributed by atoms with Crippen LogP contribution in [-0.2, 0) is 0 Å². The van der Waals surface area contributed by atoms with Crippen LogP contribution < -0.4 is 10.5 Å². The summed E-state index contributed by atoms with van der Waals surface area (Å²) in [4.78, 5) is 0. The van der Waals surface area contributed by atoms with Gasteiger partial charge in [0, 0.05) is 18.0 Å². The van der Waals surface area contributed by atoms with E-state index >= 15 is 0 Å². The summed E-state index contributed by atoms with van der Waals surface area (Å²) in [6, 6.07) is 4.39. The fourth-order valence-corrected chi connectivity index (χ4v) is 2.36. The van der Waals surface area contributed by atoms with E-state index in [-0.39, 0.29) is 11.6 Å². The molecule has 0 saturated carbocycles. The van der Waals surface area contributed by atoms with Crippen LogP contribution in [0.1, 0.15) is 43.0 Å². The van der Waals surface area contributed by atoms with E-state index in [0.29, 0.717) is 0 Å². The molecule has 1 aromatic carbocycles. The second kappa shape index (κ2) is 3.24. The lowest BCUT2D eigenvalue weighted by Gasteiger charge is -2.37. The third-order valence-corrected chi connectivity index (χ3v) is 2.94. The van der Waals surface area contributed by atoms with Crippen LogP contribution in [0.5, 0.6) is 5.75 Å². The maximum atomic E-state index is 6.18. The van der Waals surface area contributed by atoms with Crippen molar-refractivity contribution in [1.82, 2.24) is 0 Å². The van der Waals surface area contributed by atoms with Crippen molar-refractivity contribution in [3.63, 3.8) is 0 Å². The van der Waals surface area contributed by atoms with Crippen molar-refractivity contribution in [1.29, 1.82) is 0 Å². The summed E-state index contributed by atoms with van der Waals surface area (Å²) in [5.74, 6) is 0.990. The van der Waals surface area contributed by atoms with Crippen LogP contribution in [0, 0.1) is 13.8 Å². The Bertz CT molecular complexity index is 396. The number of benzene rings is 1. The van der Waals surface area contributed by atoms with Gasteiger partial charge in [-0.3, -0.25) is 0 Å². The molecule has 1 aliphatic rings. The van der Waals surface area contributed by atoms with Crippen molar-refractivity contribution < 1.29 is 4.74 Å². The van der Waals surface area contributed by atoms with Crippen molar-refractivity contribution in [2.45, 2.75) is 45.8 Å². The monoisotopic (exact) mass is 205 g/mol. The zero-order valence-electron chi connectivity index (χ0n) is 9.92. The number of ether oxygens (including phenoxy) is 1. The Morgan fingerprint density at radius 3 is 2.67 bits per heavy atom. The largest absolute Gasteiger partial charge is 0.487 e. The van der Waals surface area contributed by atoms with Crippen molar-refractivity contribution in [3.8, 4) is 5.75 Å². The third-order valence-electron chi connectivity index (χ3n) is 2.94. The first-order valence-electron chi connectivity index (χ1n) is 5.45. The highest BCUT2D eigenvalue weighted by molar-refractivity contribution is 5.47. The van der Waals surface area contributed by atoms with E-state index in [2.05, 4.69) is 39.8 Å². The maximum Gasteiger partial charge on any atom is 0.127 e. The Kier molecular flexibility index (Phi) is 2.27. The van der Waals surface area contributed by atoms with Crippen molar-refractivity contribution >= 4 is 0 Å². The molecule has 0 bridgehead atoms. The second-order valence-electron chi connectivity index (χ2n) is 5.17. The molecule has 0 unspecified atom stereocenters. The topological polar surface area (TPSA) is 35.2 Å². The first-order chi connectivity index (χ1) is 6.89. The molecule has 1 atom stereocenters. The van der Waals surface area contributed by atoms with Crippen LogP contribution in [-0.4, -0.2) is 5.60 Å². The predicted octanol–water partition coefficient (Wildman–Crippen LogP) is 2.86. The molecule has 0 aliphatic carbocycles. The molecule has 1 aromatic rings. The van der Waals surface area contributed by atoms with Crippen LogP contribution in [0.4, 0.5) is 0 Å². The third kappa shape index (κ3) is 1.86. The Morgan fingerprint density at radius 1 is 1.33 bits per heavy atom. The number of hydrogen-bond acceptors (Lipinski definition) is 2. The summed E-state index contributed by atoms with van der Waals surface area (Å²) in [5.41, 5.74) is 9.64. The van der Waals surface area contributed by atoms with Gasteiger partial charge in [-0.15, -0.1) is 0 Å². The lowest BCUT2D eigenvalue weighted by molar-refractivity contribution is 0.0719. The van der Waals surface area contributed by atoms with Crippen LogP contribution in [0.3, 0.4) is 0 Å². The van der Waals surface area contributed by atoms with Gasteiger partial charge in [0.25, 0.3) is 0 Å². The summed E-state index contributed by atoms with van der Waals surface area (Å²) in [5, 5.41) is 0. The highest BCUT2D eigenvalue weighted by Crippen LogP contribution is 2.40. The van der Waals surface area contributed by atoms with E-state index in [1.807, 2.05) is 0 Å². The van der Waals surface area contributed by atoms with Gasteiger partial charge in [0.2, 0.25) is 0 Å². The van der Waals surface area contributed by atoms with Gasteiger partial charge in [-0.1, -0.05) is 17.7 Å². The highest BCUT2D eigenvalue weighted by atomic mass is 16.5. The molecule has 15 heavy (non-hydrogen) atoms. The number of nitrogens with two attached hydrogens (primary N) is 1. The van der Waals surface area contributed by atoms with Gasteiger partial charge in [0.1, 0.15) is 11.4 Å². The molecule has 0 aromatic heterocycles. The van der Waals surface area contributed by atoms with E-state index < -0.39 is 0 Å². The smallest absolute Gasteiger partial charge is 0.127 e. The number of hydrogen-bond donors (Lipinski definition) is 1. The van der Waals surface area contributed by atoms with Gasteiger partial charge >= 0.3 is 0 Å². The van der Waals surface area contributed by atoms with Crippen molar-refractivity contribution in [2.75, 3.05) is 0 Å². The minimum Gasteiger partial charge on any atom is -0.487 e. The lowest BCUT2D eigenvalue weighted by atomic mass is 9.88. The molecule has 0 spiro atoms. The van der Waals surface area contributed by atoms with Gasteiger partial charge < -0.3 is 10.5 Å². The summed E-state index contributed by atoms with van der Waals surface area (Å²) in [6.07, 6.45) is 0.878. The molecule has 2 rings (SSSR count). The van der Waals surface area contributed by atoms with E-state index in [4.69, 9.17) is 10.5 Å². The average molecular weight is 205 g/mol. The number of rotatable bonds is 0. The van der Waals surface area contributed by atoms with E-state index in [1.54, 1.807) is 0 Å². The zero-order valence-corrected chi connectivity index (χ0v) is 9.92. The SMILES string of the molecule is Cc1cc(C)c2c(c1)[C@H](N)CC(C)(C)O2. The van der Waals surface area contributed by atoms with Crippen LogP contribution >= 0.6 is 0 Å². The predicted molar refractivity (Wildman–Crippen MR) is 62.2 cm³/mol. The van der Waals surface area contributed by atoms with Crippen LogP contribution in [0.15, 0.2) is 12.1 Å². The molecule has 2 nitrogen and oxygen atoms in total. The molecule has 0 radical (unpaired) electrons. The average Bonchev–Trinajstić information content (AvgIpc) is 2.06. The molecule has 1 aliphatic heterocycles. The Balaban J connectivity index is 2.55. The highest BCUT2D eigenvalue weighted by Gasteiger charge is 2.32. The summed E-state index contributed by atoms with van der Waals surface area (Å²) >= 11 is 0. The minimum absolute atomic E-state index is 0.0994. The molecular weight excluding hydrogens is 186 g/mol. The molecule has 0 amide bonds. The Morgan fingerprint density at radius 2 is 2.00 bits per heavy atom. The Hall–Kier alpha value is -1.02. The molecule has 82 valence electrons. The molecule has 2 N–H and O–H groups in total. The maximum absolute atomic E-state index is 6.18. The lowest BCUT2D eigenvalue weighted by Crippen LogP contribution is -2.37. The molecule has 2 heteroatoms. The van der Waals surface area contributed by atoms with E-state index in [1.165, 1.54) is 11.1 Å². The standard InChI is InChI=1S/C13H19NO/c1-8-5-9(2)12-10(6-8)11(14)7-13(3,4)15-12/h5-6,11H,7,14H2,1-4H3/t11-/m1/s1. The fourth-order valence-electron chi connectivity index (χ4n) is 2.36. The molecular formula is C13H19NO. The fraction of sp³-hybridized carbons (Fsp3) is 0.538. The van der Waals surface area contributed by atoms with E-state index in [9.17, 15) is 0 Å². The summed E-state index contributed by atoms with van der Waals surface area (Å²) < 4.78 is 6.00. The van der Waals surface area contributed by atoms with Crippen LogP contribution in [0.25, 0.3) is 0 Å². The quantitative estimate of drug-likeness (QED) is 0.707. The van der Waals surface area contributed by atoms with Gasteiger partial charge in [-0.05, 0) is 33.3 Å². The van der Waals surface area contributed by atoms with Crippen molar-refractivity contribution in [2.24, 2.45) is 5.73 Å². The number of fused-ring (bicyclic) bond motifs is 1.